The van der Waals surface area contributed by atoms with E-state index in [0.29, 0.717) is 55.4 Å². The lowest BCUT2D eigenvalue weighted by Crippen LogP contribution is -2.23. The van der Waals surface area contributed by atoms with E-state index in [-0.39, 0.29) is 47.2 Å². The number of primary amides is 1. The summed E-state index contributed by atoms with van der Waals surface area (Å²) in [7, 11) is 1.43. The van der Waals surface area contributed by atoms with Gasteiger partial charge in [-0.25, -0.2) is 4.79 Å². The molecule has 2 aromatic carbocycles. The lowest BCUT2D eigenvalue weighted by molar-refractivity contribution is -0.135. The number of rotatable bonds is 5. The number of Topliss-reactive ketones (excluding diaryl/α,β-unsaturated/α-hetero) is 1. The lowest BCUT2D eigenvalue weighted by Gasteiger charge is -2.28. The second-order valence-corrected chi connectivity index (χ2v) is 9.94. The fourth-order valence-electron chi connectivity index (χ4n) is 4.97. The van der Waals surface area contributed by atoms with E-state index in [1.54, 1.807) is 37.3 Å². The van der Waals surface area contributed by atoms with Gasteiger partial charge < -0.3 is 29.8 Å². The summed E-state index contributed by atoms with van der Waals surface area (Å²) < 4.78 is 22.0. The summed E-state index contributed by atoms with van der Waals surface area (Å²) in [6.07, 6.45) is 6.20. The predicted octanol–water partition coefficient (Wildman–Crippen LogP) is 4.19. The van der Waals surface area contributed by atoms with Crippen LogP contribution in [0.1, 0.15) is 84.8 Å². The third-order valence-corrected chi connectivity index (χ3v) is 6.94. The number of methoxy groups -OCH3 is 1. The number of aromatic hydroxyl groups is 1. The summed E-state index contributed by atoms with van der Waals surface area (Å²) in [4.78, 5) is 49.3. The van der Waals surface area contributed by atoms with Gasteiger partial charge in [-0.3, -0.25) is 14.4 Å². The number of carbonyl (C=O) groups is 4. The molecule has 4 rings (SSSR count). The highest BCUT2D eigenvalue weighted by molar-refractivity contribution is 5.98. The normalized spacial score (nSPS) is 20.7. The summed E-state index contributed by atoms with van der Waals surface area (Å²) in [5, 5.41) is 11.5. The van der Waals surface area contributed by atoms with Gasteiger partial charge in [0.05, 0.1) is 19.6 Å². The number of phenols is 1. The average Bonchev–Trinajstić information content (AvgIpc) is 2.90. The highest BCUT2D eigenvalue weighted by atomic mass is 16.5. The molecule has 0 aliphatic carbocycles. The number of esters is 2. The molecule has 2 atom stereocenters. The van der Waals surface area contributed by atoms with E-state index in [2.05, 4.69) is 0 Å². The molecule has 2 heterocycles. The molecule has 2 aromatic rings. The summed E-state index contributed by atoms with van der Waals surface area (Å²) in [5.74, 6) is -1.98. The number of phenolic OH excluding ortho intramolecular Hbond substituents is 1. The molecule has 0 fully saturated rings. The Labute approximate surface area is 232 Å². The van der Waals surface area contributed by atoms with E-state index in [0.717, 1.165) is 0 Å². The van der Waals surface area contributed by atoms with Crippen LogP contribution in [0.3, 0.4) is 0 Å². The zero-order valence-electron chi connectivity index (χ0n) is 22.6. The van der Waals surface area contributed by atoms with Gasteiger partial charge in [0.2, 0.25) is 0 Å². The predicted molar refractivity (Wildman–Crippen MR) is 145 cm³/mol. The molecule has 0 saturated carbocycles. The van der Waals surface area contributed by atoms with Crippen LogP contribution in [0.15, 0.2) is 30.3 Å². The minimum Gasteiger partial charge on any atom is -0.507 e. The van der Waals surface area contributed by atoms with Gasteiger partial charge in [0.25, 0.3) is 5.91 Å². The van der Waals surface area contributed by atoms with E-state index in [4.69, 9.17) is 24.7 Å². The van der Waals surface area contributed by atoms with Crippen molar-refractivity contribution < 1.29 is 43.2 Å². The number of fused-ring (bicyclic) bond motifs is 2. The molecule has 10 heteroatoms. The monoisotopic (exact) mass is 551 g/mol. The van der Waals surface area contributed by atoms with Crippen LogP contribution in [0.25, 0.3) is 6.08 Å². The van der Waals surface area contributed by atoms with Crippen molar-refractivity contribution in [3.05, 3.63) is 52.6 Å². The maximum atomic E-state index is 13.4. The molecule has 212 valence electrons. The van der Waals surface area contributed by atoms with Crippen LogP contribution in [0.2, 0.25) is 0 Å². The molecule has 3 N–H and O–H groups in total. The third kappa shape index (κ3) is 6.62. The third-order valence-electron chi connectivity index (χ3n) is 6.94. The Morgan fingerprint density at radius 1 is 1.12 bits per heavy atom. The standard InChI is InChI=1S/C30H33NO9/c1-17-7-6-10-20(32)9-5-3-4-8-19-14-24-28(29(35)27(19)30(36)39-17)21(15-26(34)40-24)18-11-12-22(23(13-18)37-2)38-16-25(31)33/h4,8,11-14,17,21,35H,3,5-7,9-10,15-16H2,1-2H3,(H2,31,33)/b8-4+. The average molecular weight is 552 g/mol. The fourth-order valence-corrected chi connectivity index (χ4v) is 4.97. The zero-order chi connectivity index (χ0) is 28.8. The topological polar surface area (TPSA) is 151 Å². The second-order valence-electron chi connectivity index (χ2n) is 9.94. The Kier molecular flexibility index (Phi) is 9.08. The maximum Gasteiger partial charge on any atom is 0.342 e. The fraction of sp³-hybridized carbons (Fsp3) is 0.400. The number of cyclic esters (lactones) is 1. The first kappa shape index (κ1) is 28.7. The number of amides is 1. The SMILES string of the molecule is COc1cc(C2CC(=O)Oc3cc4c(c(O)c32)C(=O)OC(C)CCCC(=O)CCC/C=C/4)ccc1OCC(N)=O. The molecule has 0 spiro atoms. The van der Waals surface area contributed by atoms with E-state index < -0.39 is 29.9 Å². The summed E-state index contributed by atoms with van der Waals surface area (Å²) in [6, 6.07) is 6.45. The highest BCUT2D eigenvalue weighted by Gasteiger charge is 2.36. The van der Waals surface area contributed by atoms with Crippen molar-refractivity contribution in [2.75, 3.05) is 13.7 Å². The largest absolute Gasteiger partial charge is 0.507 e. The Hall–Kier alpha value is -4.34. The van der Waals surface area contributed by atoms with E-state index in [1.807, 2.05) is 6.08 Å². The van der Waals surface area contributed by atoms with Crippen LogP contribution in [-0.2, 0) is 19.1 Å². The smallest absolute Gasteiger partial charge is 0.342 e. The number of hydrogen-bond acceptors (Lipinski definition) is 9. The summed E-state index contributed by atoms with van der Waals surface area (Å²) >= 11 is 0. The Morgan fingerprint density at radius 2 is 1.90 bits per heavy atom. The Balaban J connectivity index is 1.78. The Morgan fingerprint density at radius 3 is 2.65 bits per heavy atom. The lowest BCUT2D eigenvalue weighted by atomic mass is 9.83. The molecule has 0 radical (unpaired) electrons. The van der Waals surface area contributed by atoms with Gasteiger partial charge >= 0.3 is 11.9 Å². The van der Waals surface area contributed by atoms with Crippen LogP contribution >= 0.6 is 0 Å². The van der Waals surface area contributed by atoms with E-state index >= 15 is 0 Å². The number of allylic oxidation sites excluding steroid dienone is 1. The molecular formula is C30H33NO9. The van der Waals surface area contributed by atoms with Crippen LogP contribution in [0.5, 0.6) is 23.0 Å². The molecule has 1 amide bonds. The summed E-state index contributed by atoms with van der Waals surface area (Å²) in [5.41, 5.74) is 6.37. The van der Waals surface area contributed by atoms with Gasteiger partial charge in [-0.15, -0.1) is 0 Å². The quantitative estimate of drug-likeness (QED) is 0.412. The van der Waals surface area contributed by atoms with Crippen molar-refractivity contribution in [1.29, 1.82) is 0 Å². The van der Waals surface area contributed by atoms with Crippen LogP contribution in [0.4, 0.5) is 0 Å². The van der Waals surface area contributed by atoms with Crippen LogP contribution in [-0.4, -0.2) is 48.6 Å². The number of ketones is 1. The molecule has 40 heavy (non-hydrogen) atoms. The molecule has 2 aliphatic heterocycles. The van der Waals surface area contributed by atoms with Crippen LogP contribution in [0, 0.1) is 0 Å². The maximum absolute atomic E-state index is 13.4. The van der Waals surface area contributed by atoms with Gasteiger partial charge in [0, 0.05) is 24.3 Å². The van der Waals surface area contributed by atoms with Crippen molar-refractivity contribution in [2.45, 2.75) is 63.9 Å². The van der Waals surface area contributed by atoms with Gasteiger partial charge in [-0.05, 0) is 61.9 Å². The van der Waals surface area contributed by atoms with Crippen molar-refractivity contribution in [3.8, 4) is 23.0 Å². The minimum atomic E-state index is -0.709. The van der Waals surface area contributed by atoms with Crippen molar-refractivity contribution in [3.63, 3.8) is 0 Å². The first-order valence-electron chi connectivity index (χ1n) is 13.3. The minimum absolute atomic E-state index is 0.0219. The Bertz CT molecular complexity index is 1350. The van der Waals surface area contributed by atoms with Crippen molar-refractivity contribution in [2.24, 2.45) is 5.73 Å². The number of nitrogens with two attached hydrogens (primary N) is 1. The number of ether oxygens (including phenoxy) is 4. The highest BCUT2D eigenvalue weighted by Crippen LogP contribution is 2.48. The number of carbonyl (C=O) groups excluding carboxylic acids is 4. The zero-order valence-corrected chi connectivity index (χ0v) is 22.6. The molecule has 0 aromatic heterocycles. The van der Waals surface area contributed by atoms with Gasteiger partial charge in [0.1, 0.15) is 22.8 Å². The van der Waals surface area contributed by atoms with E-state index in [9.17, 15) is 24.3 Å². The molecular weight excluding hydrogens is 518 g/mol. The molecule has 0 bridgehead atoms. The number of benzene rings is 2. The van der Waals surface area contributed by atoms with Gasteiger partial charge in [-0.2, -0.15) is 0 Å². The second kappa shape index (κ2) is 12.7. The first-order chi connectivity index (χ1) is 19.2. The van der Waals surface area contributed by atoms with Crippen LogP contribution < -0.4 is 19.9 Å². The van der Waals surface area contributed by atoms with Gasteiger partial charge in [-0.1, -0.05) is 18.2 Å². The molecule has 0 saturated heterocycles. The molecule has 2 unspecified atom stereocenters. The van der Waals surface area contributed by atoms with Crippen molar-refractivity contribution >= 4 is 29.7 Å². The molecule has 10 nitrogen and oxygen atoms in total. The molecule has 2 aliphatic rings. The van der Waals surface area contributed by atoms with E-state index in [1.165, 1.54) is 7.11 Å². The van der Waals surface area contributed by atoms with Gasteiger partial charge in [0.15, 0.2) is 18.1 Å². The first-order valence-corrected chi connectivity index (χ1v) is 13.3. The van der Waals surface area contributed by atoms with Crippen molar-refractivity contribution in [1.82, 2.24) is 0 Å². The summed E-state index contributed by atoms with van der Waals surface area (Å²) in [6.45, 7) is 1.41. The number of hydrogen-bond donors (Lipinski definition) is 2.